The number of aryl methyl sites for hydroxylation is 1. The number of aliphatic hydroxyl groups excluding tert-OH is 1. The van der Waals surface area contributed by atoms with E-state index in [4.69, 9.17) is 21.3 Å². The molecule has 0 aliphatic carbocycles. The summed E-state index contributed by atoms with van der Waals surface area (Å²) in [7, 11) is 1.77. The summed E-state index contributed by atoms with van der Waals surface area (Å²) in [6.07, 6.45) is 2.51. The third-order valence-electron chi connectivity index (χ3n) is 5.84. The minimum absolute atomic E-state index is 0.143. The Morgan fingerprint density at radius 2 is 1.88 bits per heavy atom. The zero-order valence-electron chi connectivity index (χ0n) is 19.6. The highest BCUT2D eigenvalue weighted by molar-refractivity contribution is 7.10. The second-order valence-electron chi connectivity index (χ2n) is 8.23. The largest absolute Gasteiger partial charge is 0.399 e. The van der Waals surface area contributed by atoms with E-state index in [1.165, 1.54) is 35.4 Å². The van der Waals surface area contributed by atoms with E-state index in [1.807, 2.05) is 48.6 Å². The summed E-state index contributed by atoms with van der Waals surface area (Å²) in [4.78, 5) is 4.03. The van der Waals surface area contributed by atoms with E-state index in [9.17, 15) is 0 Å². The van der Waals surface area contributed by atoms with Crippen molar-refractivity contribution in [3.05, 3.63) is 64.4 Å². The molecule has 1 aromatic heterocycles. The number of nitrogens with one attached hydrogen (secondary N) is 1. The highest BCUT2D eigenvalue weighted by atomic mass is 32.1. The number of rotatable bonds is 8. The Bertz CT molecular complexity index is 990. The molecule has 0 spiro atoms. The monoisotopic (exact) mass is 468 g/mol. The first kappa shape index (κ1) is 25.1. The third kappa shape index (κ3) is 6.95. The van der Waals surface area contributed by atoms with Crippen LogP contribution in [0.25, 0.3) is 11.1 Å². The van der Waals surface area contributed by atoms with E-state index in [1.54, 1.807) is 7.11 Å². The average Bonchev–Trinajstić information content (AvgIpc) is 3.47. The molecule has 1 fully saturated rings. The maximum atomic E-state index is 8.59. The topological polar surface area (TPSA) is 96.8 Å². The number of thiophene rings is 1. The van der Waals surface area contributed by atoms with Gasteiger partial charge in [0.15, 0.2) is 0 Å². The number of likely N-dealkylation sites (tertiary alicyclic amines) is 1. The molecule has 6 nitrogen and oxygen atoms in total. The number of anilines is 3. The Labute approximate surface area is 201 Å². The van der Waals surface area contributed by atoms with Crippen LogP contribution in [0.5, 0.6) is 0 Å². The number of ether oxygens (including phenoxy) is 1. The van der Waals surface area contributed by atoms with Gasteiger partial charge in [0.05, 0.1) is 13.2 Å². The van der Waals surface area contributed by atoms with Gasteiger partial charge in [0, 0.05) is 48.2 Å². The van der Waals surface area contributed by atoms with Gasteiger partial charge >= 0.3 is 0 Å². The van der Waals surface area contributed by atoms with Gasteiger partial charge in [-0.25, -0.2) is 0 Å². The maximum Gasteiger partial charge on any atom is 0.0604 e. The van der Waals surface area contributed by atoms with Crippen molar-refractivity contribution < 1.29 is 9.84 Å². The lowest BCUT2D eigenvalue weighted by Crippen LogP contribution is -2.26. The number of nitrogens with zero attached hydrogens (tertiary/aromatic N) is 1. The number of nitrogen functional groups attached to an aromatic ring is 2. The van der Waals surface area contributed by atoms with Crippen molar-refractivity contribution in [3.8, 4) is 11.1 Å². The number of methoxy groups -OCH3 is 1. The molecule has 1 atom stereocenters. The second kappa shape index (κ2) is 12.6. The lowest BCUT2D eigenvalue weighted by molar-refractivity contribution is 0.142. The summed E-state index contributed by atoms with van der Waals surface area (Å²) in [6, 6.07) is 16.6. The van der Waals surface area contributed by atoms with Crippen molar-refractivity contribution >= 4 is 28.4 Å². The van der Waals surface area contributed by atoms with Gasteiger partial charge in [-0.05, 0) is 84.8 Å². The van der Waals surface area contributed by atoms with E-state index in [2.05, 4.69) is 33.8 Å². The fourth-order valence-electron chi connectivity index (χ4n) is 4.16. The van der Waals surface area contributed by atoms with Crippen LogP contribution in [0.4, 0.5) is 17.1 Å². The summed E-state index contributed by atoms with van der Waals surface area (Å²) in [5, 5.41) is 13.9. The van der Waals surface area contributed by atoms with Gasteiger partial charge in [0.2, 0.25) is 0 Å². The number of aliphatic hydroxyl groups is 1. The molecule has 1 aliphatic rings. The first-order valence-corrected chi connectivity index (χ1v) is 12.3. The van der Waals surface area contributed by atoms with Crippen LogP contribution in [0, 0.1) is 6.92 Å². The summed E-state index contributed by atoms with van der Waals surface area (Å²) in [5.74, 6) is 0. The molecule has 7 heteroatoms. The molecule has 0 amide bonds. The lowest BCUT2D eigenvalue weighted by atomic mass is 10.0. The van der Waals surface area contributed by atoms with Crippen molar-refractivity contribution in [1.82, 2.24) is 4.90 Å². The molecule has 178 valence electrons. The van der Waals surface area contributed by atoms with Crippen molar-refractivity contribution in [2.75, 3.05) is 56.7 Å². The van der Waals surface area contributed by atoms with Gasteiger partial charge in [-0.1, -0.05) is 12.1 Å². The average molecular weight is 469 g/mol. The van der Waals surface area contributed by atoms with Crippen molar-refractivity contribution in [3.63, 3.8) is 0 Å². The first-order valence-electron chi connectivity index (χ1n) is 11.4. The maximum absolute atomic E-state index is 8.59. The van der Waals surface area contributed by atoms with E-state index in [0.717, 1.165) is 35.8 Å². The minimum Gasteiger partial charge on any atom is -0.399 e. The van der Waals surface area contributed by atoms with Crippen LogP contribution in [0.15, 0.2) is 53.9 Å². The molecule has 0 saturated carbocycles. The van der Waals surface area contributed by atoms with Gasteiger partial charge in [-0.3, -0.25) is 4.90 Å². The molecular weight excluding hydrogens is 432 g/mol. The van der Waals surface area contributed by atoms with Crippen molar-refractivity contribution in [2.45, 2.75) is 25.8 Å². The predicted molar refractivity (Wildman–Crippen MR) is 141 cm³/mol. The molecule has 0 bridgehead atoms. The molecular formula is C26H36N4O2S. The van der Waals surface area contributed by atoms with E-state index in [0.29, 0.717) is 12.6 Å². The molecule has 1 aliphatic heterocycles. The molecule has 2 heterocycles. The molecule has 3 aromatic rings. The highest BCUT2D eigenvalue weighted by Gasteiger charge is 2.28. The Morgan fingerprint density at radius 1 is 1.12 bits per heavy atom. The molecule has 1 unspecified atom stereocenters. The van der Waals surface area contributed by atoms with Gasteiger partial charge in [-0.2, -0.15) is 0 Å². The Hall–Kier alpha value is -2.58. The fraction of sp³-hybridized carbons (Fsp3) is 0.385. The van der Waals surface area contributed by atoms with Crippen LogP contribution >= 0.6 is 11.3 Å². The number of benzene rings is 2. The second-order valence-corrected chi connectivity index (χ2v) is 9.18. The Balaban J connectivity index is 0.000000218. The molecule has 6 N–H and O–H groups in total. The van der Waals surface area contributed by atoms with E-state index < -0.39 is 0 Å². The van der Waals surface area contributed by atoms with Crippen LogP contribution in [0.3, 0.4) is 0 Å². The van der Waals surface area contributed by atoms with E-state index >= 15 is 0 Å². The van der Waals surface area contributed by atoms with Gasteiger partial charge in [0.25, 0.3) is 0 Å². The predicted octanol–water partition coefficient (Wildman–Crippen LogP) is 4.76. The SMILES string of the molecule is COCCN1CCCC1c1sccc1-c1ccc(N)cc1.Cc1cc(N)ccc1NCCO. The van der Waals surface area contributed by atoms with Crippen LogP contribution in [-0.4, -0.2) is 50.0 Å². The third-order valence-corrected chi connectivity index (χ3v) is 6.86. The Morgan fingerprint density at radius 3 is 2.58 bits per heavy atom. The summed E-state index contributed by atoms with van der Waals surface area (Å²) in [6.45, 7) is 5.69. The van der Waals surface area contributed by atoms with Crippen LogP contribution in [0.1, 0.15) is 29.3 Å². The fourth-order valence-corrected chi connectivity index (χ4v) is 5.24. The lowest BCUT2D eigenvalue weighted by Gasteiger charge is -2.24. The van der Waals surface area contributed by atoms with Gasteiger partial charge in [-0.15, -0.1) is 11.3 Å². The molecule has 0 radical (unpaired) electrons. The smallest absolute Gasteiger partial charge is 0.0604 e. The number of hydrogen-bond acceptors (Lipinski definition) is 7. The summed E-state index contributed by atoms with van der Waals surface area (Å²) < 4.78 is 5.25. The normalized spacial score (nSPS) is 15.8. The first-order chi connectivity index (χ1) is 16.0. The zero-order chi connectivity index (χ0) is 23.6. The number of nitrogens with two attached hydrogens (primary N) is 2. The highest BCUT2D eigenvalue weighted by Crippen LogP contribution is 2.40. The van der Waals surface area contributed by atoms with Crippen molar-refractivity contribution in [1.29, 1.82) is 0 Å². The molecule has 1 saturated heterocycles. The van der Waals surface area contributed by atoms with E-state index in [-0.39, 0.29) is 6.61 Å². The van der Waals surface area contributed by atoms with Gasteiger partial charge in [0.1, 0.15) is 0 Å². The summed E-state index contributed by atoms with van der Waals surface area (Å²) >= 11 is 1.87. The summed E-state index contributed by atoms with van der Waals surface area (Å²) in [5.41, 5.74) is 17.7. The van der Waals surface area contributed by atoms with Crippen LogP contribution < -0.4 is 16.8 Å². The zero-order valence-corrected chi connectivity index (χ0v) is 20.4. The number of hydrogen-bond donors (Lipinski definition) is 4. The van der Waals surface area contributed by atoms with Crippen LogP contribution in [0.2, 0.25) is 0 Å². The quantitative estimate of drug-likeness (QED) is 0.356. The standard InChI is InChI=1S/C17H22N2OS.C9H14N2O/c1-20-11-10-19-9-2-3-16(19)17-15(8-12-21-17)13-4-6-14(18)7-5-13;1-7-6-8(10)2-3-9(7)11-4-5-12/h4-8,12,16H,2-3,9-11,18H2,1H3;2-3,6,11-12H,4-5,10H2,1H3. The minimum atomic E-state index is 0.143. The molecule has 2 aromatic carbocycles. The van der Waals surface area contributed by atoms with Gasteiger partial charge < -0.3 is 26.6 Å². The van der Waals surface area contributed by atoms with Crippen molar-refractivity contribution in [2.24, 2.45) is 0 Å². The molecule has 4 rings (SSSR count). The molecule has 33 heavy (non-hydrogen) atoms. The Kier molecular flexibility index (Phi) is 9.57. The van der Waals surface area contributed by atoms with Crippen LogP contribution in [-0.2, 0) is 4.74 Å².